The molecule has 2 aliphatic rings. The number of hydrogen-bond donors (Lipinski definition) is 2. The zero-order chi connectivity index (χ0) is 16.2. The molecule has 0 radical (unpaired) electrons. The number of nitrogen functional groups attached to an aromatic ring is 1. The number of rotatable bonds is 1. The number of allylic oxidation sites excluding steroid dienone is 1. The van der Waals surface area contributed by atoms with E-state index in [9.17, 15) is 0 Å². The second-order valence-electron chi connectivity index (χ2n) is 6.44. The van der Waals surface area contributed by atoms with E-state index >= 15 is 0 Å². The Morgan fingerprint density at radius 1 is 1.35 bits per heavy atom. The number of anilines is 3. The number of halogens is 1. The Morgan fingerprint density at radius 3 is 2.96 bits per heavy atom. The van der Waals surface area contributed by atoms with Crippen LogP contribution in [0, 0.1) is 0 Å². The molecule has 0 aromatic carbocycles. The Kier molecular flexibility index (Phi) is 2.99. The third-order valence-electron chi connectivity index (χ3n) is 4.43. The zero-order valence-electron chi connectivity index (χ0n) is 13.0. The molecule has 2 aromatic rings. The van der Waals surface area contributed by atoms with Crippen LogP contribution in [0.2, 0.25) is 5.28 Å². The zero-order valence-corrected chi connectivity index (χ0v) is 13.7. The highest BCUT2D eigenvalue weighted by Crippen LogP contribution is 2.48. The molecule has 0 saturated heterocycles. The summed E-state index contributed by atoms with van der Waals surface area (Å²) in [7, 11) is 0. The largest absolute Gasteiger partial charge is 0.384 e. The van der Waals surface area contributed by atoms with E-state index in [4.69, 9.17) is 17.3 Å². The van der Waals surface area contributed by atoms with Crippen LogP contribution in [0.5, 0.6) is 0 Å². The maximum atomic E-state index is 5.97. The van der Waals surface area contributed by atoms with Crippen molar-refractivity contribution < 1.29 is 0 Å². The fraction of sp³-hybridized carbons (Fsp3) is 0.312. The third-order valence-corrected chi connectivity index (χ3v) is 4.62. The first-order valence-corrected chi connectivity index (χ1v) is 7.88. The Balaban J connectivity index is 1.91. The molecule has 4 rings (SSSR count). The maximum Gasteiger partial charge on any atom is 0.222 e. The molecule has 23 heavy (non-hydrogen) atoms. The second kappa shape index (κ2) is 4.83. The van der Waals surface area contributed by atoms with Gasteiger partial charge in [-0.2, -0.15) is 0 Å². The second-order valence-corrected chi connectivity index (χ2v) is 6.78. The molecule has 6 nitrogen and oxygen atoms in total. The van der Waals surface area contributed by atoms with Crippen LogP contribution in [0.25, 0.3) is 5.57 Å². The van der Waals surface area contributed by atoms with Crippen LogP contribution >= 0.6 is 11.6 Å². The van der Waals surface area contributed by atoms with E-state index in [2.05, 4.69) is 39.0 Å². The van der Waals surface area contributed by atoms with Gasteiger partial charge in [-0.25, -0.2) is 15.0 Å². The van der Waals surface area contributed by atoms with Gasteiger partial charge in [-0.1, -0.05) is 0 Å². The summed E-state index contributed by atoms with van der Waals surface area (Å²) in [5, 5.41) is 3.73. The molecule has 7 heteroatoms. The number of fused-ring (bicyclic) bond motifs is 3. The van der Waals surface area contributed by atoms with Gasteiger partial charge in [0.25, 0.3) is 0 Å². The molecule has 0 atom stereocenters. The van der Waals surface area contributed by atoms with E-state index in [1.165, 1.54) is 0 Å². The molecule has 0 unspecified atom stereocenters. The normalized spacial score (nSPS) is 18.5. The quantitative estimate of drug-likeness (QED) is 0.782. The van der Waals surface area contributed by atoms with Gasteiger partial charge < -0.3 is 16.0 Å². The van der Waals surface area contributed by atoms with E-state index in [-0.39, 0.29) is 10.8 Å². The first-order valence-electron chi connectivity index (χ1n) is 7.50. The Bertz CT molecular complexity index is 829. The number of pyridine rings is 1. The molecule has 4 heterocycles. The Labute approximate surface area is 139 Å². The molecule has 0 saturated carbocycles. The lowest BCUT2D eigenvalue weighted by atomic mass is 9.87. The van der Waals surface area contributed by atoms with Crippen LogP contribution < -0.4 is 16.0 Å². The van der Waals surface area contributed by atoms with Crippen molar-refractivity contribution in [3.63, 3.8) is 0 Å². The molecule has 0 aliphatic carbocycles. The van der Waals surface area contributed by atoms with E-state index in [1.54, 1.807) is 12.4 Å². The van der Waals surface area contributed by atoms with Gasteiger partial charge in [0.1, 0.15) is 11.6 Å². The summed E-state index contributed by atoms with van der Waals surface area (Å²) in [6.45, 7) is 4.45. The summed E-state index contributed by atoms with van der Waals surface area (Å²) in [4.78, 5) is 14.8. The Hall–Kier alpha value is -2.34. The van der Waals surface area contributed by atoms with E-state index in [0.29, 0.717) is 5.82 Å². The van der Waals surface area contributed by atoms with Gasteiger partial charge in [-0.3, -0.25) is 0 Å². The lowest BCUT2D eigenvalue weighted by Crippen LogP contribution is -2.45. The molecule has 0 spiro atoms. The van der Waals surface area contributed by atoms with Crippen molar-refractivity contribution in [2.24, 2.45) is 0 Å². The monoisotopic (exact) mass is 328 g/mol. The van der Waals surface area contributed by atoms with Crippen LogP contribution in [-0.2, 0) is 0 Å². The van der Waals surface area contributed by atoms with Crippen molar-refractivity contribution in [2.75, 3.05) is 16.0 Å². The first-order chi connectivity index (χ1) is 11.0. The summed E-state index contributed by atoms with van der Waals surface area (Å²) >= 11 is 5.97. The van der Waals surface area contributed by atoms with E-state index in [0.717, 1.165) is 41.3 Å². The minimum Gasteiger partial charge on any atom is -0.384 e. The van der Waals surface area contributed by atoms with Gasteiger partial charge in [0.2, 0.25) is 5.28 Å². The number of nitrogens with one attached hydrogen (secondary N) is 1. The van der Waals surface area contributed by atoms with Crippen molar-refractivity contribution in [3.8, 4) is 0 Å². The fourth-order valence-electron chi connectivity index (χ4n) is 3.30. The molecule has 0 amide bonds. The fourth-order valence-corrected chi connectivity index (χ4v) is 3.45. The third kappa shape index (κ3) is 2.21. The predicted molar refractivity (Wildman–Crippen MR) is 92.0 cm³/mol. The average molecular weight is 329 g/mol. The lowest BCUT2D eigenvalue weighted by Gasteiger charge is -2.42. The smallest absolute Gasteiger partial charge is 0.222 e. The molecule has 3 N–H and O–H groups in total. The summed E-state index contributed by atoms with van der Waals surface area (Å²) in [5.41, 5.74) is 9.85. The summed E-state index contributed by atoms with van der Waals surface area (Å²) in [6.07, 6.45) is 5.37. The van der Waals surface area contributed by atoms with Gasteiger partial charge in [0.05, 0.1) is 23.3 Å². The molecule has 2 aromatic heterocycles. The van der Waals surface area contributed by atoms with Crippen LogP contribution in [0.4, 0.5) is 17.2 Å². The van der Waals surface area contributed by atoms with Gasteiger partial charge in [-0.05, 0) is 44.4 Å². The topological polar surface area (TPSA) is 80.0 Å². The van der Waals surface area contributed by atoms with Crippen molar-refractivity contribution in [1.82, 2.24) is 15.0 Å². The van der Waals surface area contributed by atoms with Crippen LogP contribution in [0.15, 0.2) is 30.3 Å². The van der Waals surface area contributed by atoms with Crippen molar-refractivity contribution in [2.45, 2.75) is 32.2 Å². The van der Waals surface area contributed by atoms with E-state index < -0.39 is 0 Å². The molecule has 0 bridgehead atoms. The minimum atomic E-state index is -0.0261. The standard InChI is InChI=1S/C16H17ClN6/c1-16(2)5-3-9(10-4-6-19-15(17)22-10)14-21-11-8-20-13(18)7-12(11)23(14)16/h4,6-8,21H,3,5H2,1-2H3,(H2,18,20). The number of nitrogens with two attached hydrogens (primary N) is 1. The maximum absolute atomic E-state index is 5.97. The first kappa shape index (κ1) is 14.3. The van der Waals surface area contributed by atoms with E-state index in [1.807, 2.05) is 12.1 Å². The van der Waals surface area contributed by atoms with Crippen molar-refractivity contribution in [1.29, 1.82) is 0 Å². The molecular weight excluding hydrogens is 312 g/mol. The van der Waals surface area contributed by atoms with Crippen LogP contribution in [0.1, 0.15) is 32.4 Å². The number of nitrogens with zero attached hydrogens (tertiary/aromatic N) is 4. The summed E-state index contributed by atoms with van der Waals surface area (Å²) in [5.74, 6) is 1.54. The molecule has 118 valence electrons. The van der Waals surface area contributed by atoms with Gasteiger partial charge in [0, 0.05) is 23.4 Å². The molecule has 2 aliphatic heterocycles. The van der Waals surface area contributed by atoms with Gasteiger partial charge in [-0.15, -0.1) is 0 Å². The average Bonchev–Trinajstić information content (AvgIpc) is 2.87. The lowest BCUT2D eigenvalue weighted by molar-refractivity contribution is 0.449. The highest BCUT2D eigenvalue weighted by Gasteiger charge is 2.41. The highest BCUT2D eigenvalue weighted by atomic mass is 35.5. The molecular formula is C16H17ClN6. The van der Waals surface area contributed by atoms with Gasteiger partial charge >= 0.3 is 0 Å². The SMILES string of the molecule is CC1(C)CCC(c2ccnc(Cl)n2)=C2Nc3cnc(N)cc3N21. The number of hydrogen-bond acceptors (Lipinski definition) is 6. The van der Waals surface area contributed by atoms with Crippen molar-refractivity contribution in [3.05, 3.63) is 41.3 Å². The number of aromatic nitrogens is 3. The minimum absolute atomic E-state index is 0.0261. The van der Waals surface area contributed by atoms with Crippen molar-refractivity contribution >= 4 is 34.4 Å². The highest BCUT2D eigenvalue weighted by molar-refractivity contribution is 6.28. The summed E-state index contributed by atoms with van der Waals surface area (Å²) in [6, 6.07) is 3.80. The van der Waals surface area contributed by atoms with Crippen LogP contribution in [0.3, 0.4) is 0 Å². The van der Waals surface area contributed by atoms with Gasteiger partial charge in [0.15, 0.2) is 0 Å². The summed E-state index contributed by atoms with van der Waals surface area (Å²) < 4.78 is 0. The predicted octanol–water partition coefficient (Wildman–Crippen LogP) is 3.28. The Morgan fingerprint density at radius 2 is 2.17 bits per heavy atom. The molecule has 0 fully saturated rings. The van der Waals surface area contributed by atoms with Crippen LogP contribution in [-0.4, -0.2) is 20.5 Å².